The lowest BCUT2D eigenvalue weighted by Gasteiger charge is -2.01. The van der Waals surface area contributed by atoms with Crippen LogP contribution >= 0.6 is 34.5 Å². The van der Waals surface area contributed by atoms with Crippen molar-refractivity contribution in [2.75, 3.05) is 0 Å². The van der Waals surface area contributed by atoms with E-state index in [4.69, 9.17) is 23.2 Å². The van der Waals surface area contributed by atoms with Gasteiger partial charge in [-0.1, -0.05) is 29.3 Å². The molecule has 0 fully saturated rings. The van der Waals surface area contributed by atoms with E-state index in [0.717, 1.165) is 21.5 Å². The molecule has 0 atom stereocenters. The number of halogens is 2. The number of fused-ring (bicyclic) bond motifs is 3. The van der Waals surface area contributed by atoms with Crippen LogP contribution in [0, 0.1) is 13.8 Å². The Morgan fingerprint density at radius 3 is 2.81 bits per heavy atom. The summed E-state index contributed by atoms with van der Waals surface area (Å²) in [6.07, 6.45) is 2.92. The maximum absolute atomic E-state index is 12.8. The van der Waals surface area contributed by atoms with E-state index < -0.39 is 0 Å². The smallest absolute Gasteiger partial charge is 0.266 e. The Morgan fingerprint density at radius 1 is 1.23 bits per heavy atom. The van der Waals surface area contributed by atoms with Crippen LogP contribution < -0.4 is 5.56 Å². The fraction of sp³-hybridized carbons (Fsp3) is 0.111. The number of hydrogen-bond acceptors (Lipinski definition) is 5. The standard InChI is InChI=1S/C18H12Cl2N4OS/c1-9-5-10(2)23-17-14(9)15-16(26-17)18(25)24(8-21-15)22-7-11-3-4-12(19)6-13(11)20/h3-8H,1-2H3/b22-7-. The number of aromatic nitrogens is 3. The molecule has 0 radical (unpaired) electrons. The highest BCUT2D eigenvalue weighted by Gasteiger charge is 2.14. The van der Waals surface area contributed by atoms with E-state index in [0.29, 0.717) is 25.8 Å². The van der Waals surface area contributed by atoms with Gasteiger partial charge in [0.05, 0.1) is 16.8 Å². The van der Waals surface area contributed by atoms with E-state index in [1.54, 1.807) is 18.2 Å². The van der Waals surface area contributed by atoms with Gasteiger partial charge in [0, 0.05) is 21.7 Å². The molecule has 0 N–H and O–H groups in total. The molecule has 0 aliphatic rings. The molecule has 4 aromatic rings. The third-order valence-electron chi connectivity index (χ3n) is 3.94. The van der Waals surface area contributed by atoms with Gasteiger partial charge in [-0.2, -0.15) is 9.78 Å². The molecule has 0 bridgehead atoms. The van der Waals surface area contributed by atoms with Crippen molar-refractivity contribution in [2.45, 2.75) is 13.8 Å². The highest BCUT2D eigenvalue weighted by molar-refractivity contribution is 7.25. The normalized spacial score (nSPS) is 11.8. The van der Waals surface area contributed by atoms with Crippen LogP contribution in [-0.4, -0.2) is 20.9 Å². The molecule has 1 aromatic carbocycles. The average Bonchev–Trinajstić information content (AvgIpc) is 2.95. The molecule has 0 saturated heterocycles. The predicted octanol–water partition coefficient (Wildman–Crippen LogP) is 4.81. The molecule has 8 heteroatoms. The average molecular weight is 403 g/mol. The Morgan fingerprint density at radius 2 is 2.04 bits per heavy atom. The van der Waals surface area contributed by atoms with Gasteiger partial charge in [0.2, 0.25) is 0 Å². The van der Waals surface area contributed by atoms with Crippen LogP contribution in [0.1, 0.15) is 16.8 Å². The number of pyridine rings is 1. The summed E-state index contributed by atoms with van der Waals surface area (Å²) in [5.41, 5.74) is 3.05. The van der Waals surface area contributed by atoms with Crippen LogP contribution in [-0.2, 0) is 0 Å². The number of benzene rings is 1. The molecule has 0 aliphatic carbocycles. The number of thiophene rings is 1. The Balaban J connectivity index is 1.86. The van der Waals surface area contributed by atoms with Crippen LogP contribution in [0.3, 0.4) is 0 Å². The van der Waals surface area contributed by atoms with Gasteiger partial charge in [0.15, 0.2) is 0 Å². The predicted molar refractivity (Wildman–Crippen MR) is 108 cm³/mol. The second-order valence-electron chi connectivity index (χ2n) is 5.85. The van der Waals surface area contributed by atoms with E-state index >= 15 is 0 Å². The molecule has 3 heterocycles. The van der Waals surface area contributed by atoms with Crippen molar-refractivity contribution in [2.24, 2.45) is 5.10 Å². The molecule has 5 nitrogen and oxygen atoms in total. The van der Waals surface area contributed by atoms with Crippen molar-refractivity contribution < 1.29 is 0 Å². The van der Waals surface area contributed by atoms with Gasteiger partial charge in [-0.25, -0.2) is 9.97 Å². The summed E-state index contributed by atoms with van der Waals surface area (Å²) in [7, 11) is 0. The zero-order valence-corrected chi connectivity index (χ0v) is 16.2. The summed E-state index contributed by atoms with van der Waals surface area (Å²) in [5.74, 6) is 0. The Hall–Kier alpha value is -2.28. The number of aryl methyl sites for hydroxylation is 2. The molecule has 26 heavy (non-hydrogen) atoms. The van der Waals surface area contributed by atoms with Crippen LogP contribution in [0.2, 0.25) is 10.0 Å². The number of nitrogens with zero attached hydrogens (tertiary/aromatic N) is 4. The first-order valence-corrected chi connectivity index (χ1v) is 9.29. The fourth-order valence-electron chi connectivity index (χ4n) is 2.77. The van der Waals surface area contributed by atoms with Crippen LogP contribution in [0.15, 0.2) is 40.5 Å². The van der Waals surface area contributed by atoms with Gasteiger partial charge < -0.3 is 0 Å². The zero-order valence-electron chi connectivity index (χ0n) is 13.8. The Kier molecular flexibility index (Phi) is 4.26. The third-order valence-corrected chi connectivity index (χ3v) is 5.57. The minimum absolute atomic E-state index is 0.239. The van der Waals surface area contributed by atoms with E-state index in [1.807, 2.05) is 19.9 Å². The lowest BCUT2D eigenvalue weighted by molar-refractivity contribution is 0.819. The SMILES string of the molecule is Cc1cc(C)c2c(n1)sc1c(=O)n(/N=C\c3ccc(Cl)cc3Cl)cnc12. The van der Waals surface area contributed by atoms with E-state index in [1.165, 1.54) is 28.6 Å². The fourth-order valence-corrected chi connectivity index (χ4v) is 4.41. The minimum atomic E-state index is -0.239. The number of hydrogen-bond donors (Lipinski definition) is 0. The molecular formula is C18H12Cl2N4OS. The molecular weight excluding hydrogens is 391 g/mol. The zero-order chi connectivity index (χ0) is 18.4. The summed E-state index contributed by atoms with van der Waals surface area (Å²) < 4.78 is 1.73. The Bertz CT molecular complexity index is 1260. The van der Waals surface area contributed by atoms with Gasteiger partial charge in [-0.15, -0.1) is 11.3 Å². The summed E-state index contributed by atoms with van der Waals surface area (Å²) in [4.78, 5) is 22.6. The largest absolute Gasteiger partial charge is 0.291 e. The van der Waals surface area contributed by atoms with Gasteiger partial charge in [-0.05, 0) is 37.6 Å². The molecule has 0 unspecified atom stereocenters. The number of rotatable bonds is 2. The summed E-state index contributed by atoms with van der Waals surface area (Å²) in [6, 6.07) is 7.06. The van der Waals surface area contributed by atoms with Crippen molar-refractivity contribution in [1.82, 2.24) is 14.6 Å². The van der Waals surface area contributed by atoms with E-state index in [2.05, 4.69) is 15.1 Å². The molecule has 4 rings (SSSR count). The van der Waals surface area contributed by atoms with Gasteiger partial charge >= 0.3 is 0 Å². The van der Waals surface area contributed by atoms with Crippen LogP contribution in [0.4, 0.5) is 0 Å². The maximum Gasteiger partial charge on any atom is 0.291 e. The van der Waals surface area contributed by atoms with Crippen LogP contribution in [0.5, 0.6) is 0 Å². The molecule has 0 aliphatic heterocycles. The summed E-state index contributed by atoms with van der Waals surface area (Å²) in [6.45, 7) is 3.93. The Labute approximate surface area is 162 Å². The van der Waals surface area contributed by atoms with Gasteiger partial charge in [0.25, 0.3) is 5.56 Å². The third kappa shape index (κ3) is 2.90. The second-order valence-corrected chi connectivity index (χ2v) is 7.69. The first-order chi connectivity index (χ1) is 12.4. The molecule has 0 amide bonds. The summed E-state index contributed by atoms with van der Waals surface area (Å²) in [5, 5.41) is 6.12. The highest BCUT2D eigenvalue weighted by atomic mass is 35.5. The quantitative estimate of drug-likeness (QED) is 0.451. The lowest BCUT2D eigenvalue weighted by atomic mass is 10.1. The lowest BCUT2D eigenvalue weighted by Crippen LogP contribution is -2.15. The maximum atomic E-state index is 12.8. The molecule has 0 saturated carbocycles. The van der Waals surface area contributed by atoms with Crippen molar-refractivity contribution in [3.63, 3.8) is 0 Å². The van der Waals surface area contributed by atoms with Gasteiger partial charge in [0.1, 0.15) is 15.9 Å². The molecule has 0 spiro atoms. The second kappa shape index (κ2) is 6.46. The topological polar surface area (TPSA) is 60.1 Å². The molecule has 130 valence electrons. The van der Waals surface area contributed by atoms with Crippen molar-refractivity contribution >= 4 is 61.2 Å². The summed E-state index contributed by atoms with van der Waals surface area (Å²) >= 11 is 13.4. The molecule has 3 aromatic heterocycles. The van der Waals surface area contributed by atoms with Crippen LogP contribution in [0.25, 0.3) is 20.4 Å². The van der Waals surface area contributed by atoms with Crippen molar-refractivity contribution in [3.05, 3.63) is 67.8 Å². The highest BCUT2D eigenvalue weighted by Crippen LogP contribution is 2.31. The van der Waals surface area contributed by atoms with E-state index in [9.17, 15) is 4.79 Å². The van der Waals surface area contributed by atoms with Crippen molar-refractivity contribution in [1.29, 1.82) is 0 Å². The monoisotopic (exact) mass is 402 g/mol. The first-order valence-electron chi connectivity index (χ1n) is 7.71. The van der Waals surface area contributed by atoms with Crippen molar-refractivity contribution in [3.8, 4) is 0 Å². The minimum Gasteiger partial charge on any atom is -0.266 e. The van der Waals surface area contributed by atoms with E-state index in [-0.39, 0.29) is 5.56 Å². The van der Waals surface area contributed by atoms with Gasteiger partial charge in [-0.3, -0.25) is 4.79 Å². The first kappa shape index (κ1) is 17.1.